The van der Waals surface area contributed by atoms with Crippen LogP contribution in [0.2, 0.25) is 0 Å². The van der Waals surface area contributed by atoms with Crippen molar-refractivity contribution in [3.8, 4) is 6.07 Å². The van der Waals surface area contributed by atoms with Gasteiger partial charge in [-0.1, -0.05) is 20.8 Å². The van der Waals surface area contributed by atoms with Crippen LogP contribution in [-0.4, -0.2) is 36.5 Å². The molecule has 20 heavy (non-hydrogen) atoms. The van der Waals surface area contributed by atoms with Gasteiger partial charge in [-0.15, -0.1) is 0 Å². The Kier molecular flexibility index (Phi) is 4.70. The molecule has 2 rings (SSSR count). The minimum absolute atomic E-state index is 0.127. The summed E-state index contributed by atoms with van der Waals surface area (Å²) < 4.78 is 0. The lowest BCUT2D eigenvalue weighted by atomic mass is 9.68. The number of amides is 1. The summed E-state index contributed by atoms with van der Waals surface area (Å²) in [6.45, 7) is 9.30. The maximum absolute atomic E-state index is 11.5. The number of carbonyl (C=O) groups excluding carboxylic acids is 1. The number of nitriles is 1. The summed E-state index contributed by atoms with van der Waals surface area (Å²) in [6.07, 6.45) is 3.81. The fourth-order valence-electron chi connectivity index (χ4n) is 3.60. The third-order valence-electron chi connectivity index (χ3n) is 5.02. The molecule has 3 unspecified atom stereocenters. The molecule has 2 fully saturated rings. The van der Waals surface area contributed by atoms with Gasteiger partial charge in [-0.3, -0.25) is 9.69 Å². The summed E-state index contributed by atoms with van der Waals surface area (Å²) in [5, 5.41) is 12.4. The zero-order chi connectivity index (χ0) is 14.8. The lowest BCUT2D eigenvalue weighted by molar-refractivity contribution is -0.120. The Balaban J connectivity index is 2.08. The maximum atomic E-state index is 11.5. The van der Waals surface area contributed by atoms with Gasteiger partial charge in [-0.2, -0.15) is 5.26 Å². The minimum atomic E-state index is 0.127. The van der Waals surface area contributed by atoms with E-state index < -0.39 is 0 Å². The van der Waals surface area contributed by atoms with Crippen molar-refractivity contribution in [1.82, 2.24) is 10.2 Å². The normalized spacial score (nSPS) is 33.1. The summed E-state index contributed by atoms with van der Waals surface area (Å²) in [6, 6.07) is 2.83. The van der Waals surface area contributed by atoms with Gasteiger partial charge in [-0.25, -0.2) is 0 Å². The summed E-state index contributed by atoms with van der Waals surface area (Å²) in [4.78, 5) is 13.9. The highest BCUT2D eigenvalue weighted by atomic mass is 16.1. The van der Waals surface area contributed by atoms with Crippen LogP contribution in [0.4, 0.5) is 0 Å². The van der Waals surface area contributed by atoms with Gasteiger partial charge < -0.3 is 5.32 Å². The lowest BCUT2D eigenvalue weighted by Crippen LogP contribution is -2.47. The maximum Gasteiger partial charge on any atom is 0.221 e. The van der Waals surface area contributed by atoms with Gasteiger partial charge in [0, 0.05) is 32.1 Å². The van der Waals surface area contributed by atoms with E-state index in [-0.39, 0.29) is 11.8 Å². The molecule has 4 nitrogen and oxygen atoms in total. The first-order chi connectivity index (χ1) is 9.41. The fourth-order valence-corrected chi connectivity index (χ4v) is 3.60. The average Bonchev–Trinajstić information content (AvgIpc) is 2.61. The first-order valence-corrected chi connectivity index (χ1v) is 7.82. The molecule has 1 heterocycles. The van der Waals surface area contributed by atoms with Crippen molar-refractivity contribution < 1.29 is 4.79 Å². The van der Waals surface area contributed by atoms with E-state index in [0.717, 1.165) is 32.4 Å². The molecule has 0 bridgehead atoms. The molecule has 0 aromatic rings. The molecule has 112 valence electrons. The first kappa shape index (κ1) is 15.3. The summed E-state index contributed by atoms with van der Waals surface area (Å²) in [5.41, 5.74) is 0.304. The molecule has 0 aromatic carbocycles. The van der Waals surface area contributed by atoms with Crippen molar-refractivity contribution in [3.63, 3.8) is 0 Å². The average molecular weight is 277 g/mol. The van der Waals surface area contributed by atoms with Gasteiger partial charge >= 0.3 is 0 Å². The molecule has 0 spiro atoms. The summed E-state index contributed by atoms with van der Waals surface area (Å²) >= 11 is 0. The summed E-state index contributed by atoms with van der Waals surface area (Å²) in [7, 11) is 0. The van der Waals surface area contributed by atoms with Gasteiger partial charge in [0.2, 0.25) is 5.91 Å². The topological polar surface area (TPSA) is 56.1 Å². The predicted octanol–water partition coefficient (Wildman–Crippen LogP) is 2.16. The van der Waals surface area contributed by atoms with Crippen LogP contribution >= 0.6 is 0 Å². The molecular weight excluding hydrogens is 250 g/mol. The Bertz CT molecular complexity index is 394. The Morgan fingerprint density at radius 3 is 2.70 bits per heavy atom. The molecule has 1 aliphatic heterocycles. The third-order valence-corrected chi connectivity index (χ3v) is 5.02. The predicted molar refractivity (Wildman–Crippen MR) is 78.9 cm³/mol. The van der Waals surface area contributed by atoms with Crippen LogP contribution < -0.4 is 5.32 Å². The molecule has 2 aliphatic rings. The standard InChI is InChI=1S/C16H27N3O/c1-16(2,3)13-5-4-12(11-17)14(10-13)19-8-6-15(20)18-7-9-19/h12-14H,4-10H2,1-3H3,(H,18,20). The van der Waals surface area contributed by atoms with Crippen LogP contribution in [0.5, 0.6) is 0 Å². The Labute approximate surface area is 122 Å². The van der Waals surface area contributed by atoms with Crippen molar-refractivity contribution in [3.05, 3.63) is 0 Å². The van der Waals surface area contributed by atoms with Gasteiger partial charge in [-0.05, 0) is 30.6 Å². The van der Waals surface area contributed by atoms with E-state index in [4.69, 9.17) is 0 Å². The zero-order valence-corrected chi connectivity index (χ0v) is 13.0. The lowest BCUT2D eigenvalue weighted by Gasteiger charge is -2.44. The second kappa shape index (κ2) is 6.13. The van der Waals surface area contributed by atoms with Crippen molar-refractivity contribution in [2.24, 2.45) is 17.3 Å². The van der Waals surface area contributed by atoms with E-state index in [1.54, 1.807) is 0 Å². The molecule has 1 aliphatic carbocycles. The Hall–Kier alpha value is -1.08. The van der Waals surface area contributed by atoms with Crippen molar-refractivity contribution in [2.45, 2.75) is 52.5 Å². The molecular formula is C16H27N3O. The highest BCUT2D eigenvalue weighted by Gasteiger charge is 2.38. The van der Waals surface area contributed by atoms with Gasteiger partial charge in [0.25, 0.3) is 0 Å². The third kappa shape index (κ3) is 3.52. The van der Waals surface area contributed by atoms with Crippen LogP contribution in [-0.2, 0) is 4.79 Å². The molecule has 3 atom stereocenters. The molecule has 1 saturated heterocycles. The second-order valence-electron chi connectivity index (χ2n) is 7.31. The number of hydrogen-bond donors (Lipinski definition) is 1. The van der Waals surface area contributed by atoms with Crippen molar-refractivity contribution >= 4 is 5.91 Å². The largest absolute Gasteiger partial charge is 0.355 e. The first-order valence-electron chi connectivity index (χ1n) is 7.82. The SMILES string of the molecule is CC(C)(C)C1CCC(C#N)C(N2CCNC(=O)CC2)C1. The molecule has 1 N–H and O–H groups in total. The van der Waals surface area contributed by atoms with Crippen LogP contribution in [0, 0.1) is 28.6 Å². The van der Waals surface area contributed by atoms with Crippen LogP contribution in [0.25, 0.3) is 0 Å². The highest BCUT2D eigenvalue weighted by molar-refractivity contribution is 5.76. The molecule has 1 saturated carbocycles. The quantitative estimate of drug-likeness (QED) is 0.799. The fraction of sp³-hybridized carbons (Fsp3) is 0.875. The molecule has 0 aromatic heterocycles. The van der Waals surface area contributed by atoms with Gasteiger partial charge in [0.1, 0.15) is 0 Å². The van der Waals surface area contributed by atoms with E-state index in [1.807, 2.05) is 0 Å². The molecule has 4 heteroatoms. The zero-order valence-electron chi connectivity index (χ0n) is 13.0. The van der Waals surface area contributed by atoms with Gasteiger partial charge in [0.05, 0.1) is 12.0 Å². The van der Waals surface area contributed by atoms with E-state index in [2.05, 4.69) is 37.1 Å². The highest BCUT2D eigenvalue weighted by Crippen LogP contribution is 2.41. The molecule has 0 radical (unpaired) electrons. The van der Waals surface area contributed by atoms with Crippen molar-refractivity contribution in [2.75, 3.05) is 19.6 Å². The number of nitrogens with zero attached hydrogens (tertiary/aromatic N) is 2. The van der Waals surface area contributed by atoms with Crippen molar-refractivity contribution in [1.29, 1.82) is 5.26 Å². The number of carbonyl (C=O) groups is 1. The number of rotatable bonds is 1. The minimum Gasteiger partial charge on any atom is -0.355 e. The van der Waals surface area contributed by atoms with E-state index in [9.17, 15) is 10.1 Å². The van der Waals surface area contributed by atoms with Crippen LogP contribution in [0.15, 0.2) is 0 Å². The molecule has 1 amide bonds. The number of hydrogen-bond acceptors (Lipinski definition) is 3. The Morgan fingerprint density at radius 1 is 1.30 bits per heavy atom. The number of nitrogens with one attached hydrogen (secondary N) is 1. The van der Waals surface area contributed by atoms with Crippen LogP contribution in [0.3, 0.4) is 0 Å². The van der Waals surface area contributed by atoms with Crippen LogP contribution in [0.1, 0.15) is 46.5 Å². The smallest absolute Gasteiger partial charge is 0.221 e. The Morgan fingerprint density at radius 2 is 2.05 bits per heavy atom. The van der Waals surface area contributed by atoms with E-state index >= 15 is 0 Å². The van der Waals surface area contributed by atoms with E-state index in [0.29, 0.717) is 30.3 Å². The second-order valence-corrected chi connectivity index (χ2v) is 7.31. The van der Waals surface area contributed by atoms with Gasteiger partial charge in [0.15, 0.2) is 0 Å². The summed E-state index contributed by atoms with van der Waals surface area (Å²) in [5.74, 6) is 0.940. The monoisotopic (exact) mass is 277 g/mol. The van der Waals surface area contributed by atoms with E-state index in [1.165, 1.54) is 0 Å².